The summed E-state index contributed by atoms with van der Waals surface area (Å²) in [5.74, 6) is 0.164. The molecule has 3 nitrogen and oxygen atoms in total. The highest BCUT2D eigenvalue weighted by Crippen LogP contribution is 2.29. The minimum Gasteiger partial charge on any atom is -0.298 e. The fourth-order valence-electron chi connectivity index (χ4n) is 3.68. The van der Waals surface area contributed by atoms with Crippen molar-refractivity contribution in [2.75, 3.05) is 13.1 Å². The zero-order chi connectivity index (χ0) is 17.8. The fourth-order valence-corrected chi connectivity index (χ4v) is 3.68. The van der Waals surface area contributed by atoms with Gasteiger partial charge >= 0.3 is 0 Å². The van der Waals surface area contributed by atoms with E-state index in [0.717, 1.165) is 38.2 Å². The summed E-state index contributed by atoms with van der Waals surface area (Å²) < 4.78 is 14.1. The molecule has 1 unspecified atom stereocenters. The zero-order valence-corrected chi connectivity index (χ0v) is 14.7. The van der Waals surface area contributed by atoms with Crippen LogP contribution in [0.5, 0.6) is 0 Å². The van der Waals surface area contributed by atoms with Crippen molar-refractivity contribution in [1.29, 1.82) is 0 Å². The predicted octanol–water partition coefficient (Wildman–Crippen LogP) is 4.66. The molecule has 0 radical (unpaired) electrons. The topological polar surface area (TPSA) is 29.0 Å². The number of hydrogen-bond donors (Lipinski definition) is 0. The quantitative estimate of drug-likeness (QED) is 0.687. The molecule has 3 aromatic rings. The first-order chi connectivity index (χ1) is 12.8. The monoisotopic (exact) mass is 347 g/mol. The SMILES string of the molecule is Fc1ccccc1-c1cccc(C2CCCN(Cc3ccncc3)C2)n1. The van der Waals surface area contributed by atoms with Crippen LogP contribution >= 0.6 is 0 Å². The molecule has 1 aliphatic rings. The van der Waals surface area contributed by atoms with Gasteiger partial charge in [-0.25, -0.2) is 4.39 Å². The highest BCUT2D eigenvalue weighted by molar-refractivity contribution is 5.59. The Morgan fingerprint density at radius 3 is 2.69 bits per heavy atom. The van der Waals surface area contributed by atoms with Crippen LogP contribution < -0.4 is 0 Å². The molecule has 4 heteroatoms. The smallest absolute Gasteiger partial charge is 0.132 e. The van der Waals surface area contributed by atoms with Gasteiger partial charge in [-0.1, -0.05) is 18.2 Å². The number of likely N-dealkylation sites (tertiary alicyclic amines) is 1. The van der Waals surface area contributed by atoms with Crippen LogP contribution in [0.2, 0.25) is 0 Å². The van der Waals surface area contributed by atoms with Gasteiger partial charge in [0.2, 0.25) is 0 Å². The minimum atomic E-state index is -0.222. The summed E-state index contributed by atoms with van der Waals surface area (Å²) >= 11 is 0. The van der Waals surface area contributed by atoms with Crippen molar-refractivity contribution >= 4 is 0 Å². The standard InChI is InChI=1S/C22H22FN3/c23-20-7-2-1-6-19(20)22-9-3-8-21(25-22)18-5-4-14-26(16-18)15-17-10-12-24-13-11-17/h1-3,6-13,18H,4-5,14-16H2. The third-order valence-electron chi connectivity index (χ3n) is 5.00. The summed E-state index contributed by atoms with van der Waals surface area (Å²) in [5.41, 5.74) is 3.63. The van der Waals surface area contributed by atoms with Gasteiger partial charge in [-0.15, -0.1) is 0 Å². The van der Waals surface area contributed by atoms with E-state index in [0.29, 0.717) is 17.2 Å². The number of pyridine rings is 2. The molecular weight excluding hydrogens is 325 g/mol. The maximum absolute atomic E-state index is 14.1. The Labute approximate surface area is 153 Å². The number of piperidine rings is 1. The Balaban J connectivity index is 1.52. The molecule has 1 aliphatic heterocycles. The largest absolute Gasteiger partial charge is 0.298 e. The number of hydrogen-bond acceptors (Lipinski definition) is 3. The molecule has 0 saturated carbocycles. The number of benzene rings is 1. The van der Waals surface area contributed by atoms with Crippen LogP contribution in [0.3, 0.4) is 0 Å². The molecule has 1 saturated heterocycles. The molecule has 0 aliphatic carbocycles. The van der Waals surface area contributed by atoms with Crippen LogP contribution in [0, 0.1) is 5.82 Å². The lowest BCUT2D eigenvalue weighted by atomic mass is 9.93. The highest BCUT2D eigenvalue weighted by atomic mass is 19.1. The van der Waals surface area contributed by atoms with Crippen LogP contribution in [0.15, 0.2) is 67.0 Å². The van der Waals surface area contributed by atoms with Crippen LogP contribution in [0.25, 0.3) is 11.3 Å². The summed E-state index contributed by atoms with van der Waals surface area (Å²) in [7, 11) is 0. The van der Waals surface area contributed by atoms with Gasteiger partial charge in [-0.2, -0.15) is 0 Å². The molecule has 26 heavy (non-hydrogen) atoms. The maximum Gasteiger partial charge on any atom is 0.132 e. The maximum atomic E-state index is 14.1. The van der Waals surface area contributed by atoms with Gasteiger partial charge in [0.25, 0.3) is 0 Å². The lowest BCUT2D eigenvalue weighted by molar-refractivity contribution is 0.198. The molecule has 0 spiro atoms. The molecule has 1 aromatic carbocycles. The summed E-state index contributed by atoms with van der Waals surface area (Å²) in [6.45, 7) is 3.02. The first-order valence-corrected chi connectivity index (χ1v) is 9.13. The third-order valence-corrected chi connectivity index (χ3v) is 5.00. The Bertz CT molecular complexity index is 866. The van der Waals surface area contributed by atoms with Gasteiger partial charge in [0.1, 0.15) is 5.82 Å². The van der Waals surface area contributed by atoms with E-state index in [-0.39, 0.29) is 5.82 Å². The van der Waals surface area contributed by atoms with Crippen molar-refractivity contribution in [3.8, 4) is 11.3 Å². The summed E-state index contributed by atoms with van der Waals surface area (Å²) in [6, 6.07) is 16.9. The van der Waals surface area contributed by atoms with Gasteiger partial charge < -0.3 is 0 Å². The van der Waals surface area contributed by atoms with Crippen LogP contribution in [0.4, 0.5) is 4.39 Å². The van der Waals surface area contributed by atoms with E-state index in [2.05, 4.69) is 28.1 Å². The van der Waals surface area contributed by atoms with Crippen LogP contribution in [-0.2, 0) is 6.54 Å². The fraction of sp³-hybridized carbons (Fsp3) is 0.273. The Morgan fingerprint density at radius 2 is 1.85 bits per heavy atom. The molecular formula is C22H22FN3. The van der Waals surface area contributed by atoms with Crippen LogP contribution in [-0.4, -0.2) is 28.0 Å². The predicted molar refractivity (Wildman–Crippen MR) is 101 cm³/mol. The van der Waals surface area contributed by atoms with E-state index in [1.807, 2.05) is 30.6 Å². The van der Waals surface area contributed by atoms with Crippen molar-refractivity contribution in [1.82, 2.24) is 14.9 Å². The molecule has 1 atom stereocenters. The normalized spacial score (nSPS) is 18.0. The zero-order valence-electron chi connectivity index (χ0n) is 14.7. The average Bonchev–Trinajstić information content (AvgIpc) is 2.69. The van der Waals surface area contributed by atoms with E-state index >= 15 is 0 Å². The van der Waals surface area contributed by atoms with E-state index in [1.165, 1.54) is 11.6 Å². The van der Waals surface area contributed by atoms with E-state index in [4.69, 9.17) is 4.98 Å². The Morgan fingerprint density at radius 1 is 1.00 bits per heavy atom. The van der Waals surface area contributed by atoms with E-state index in [9.17, 15) is 4.39 Å². The molecule has 4 rings (SSSR count). The van der Waals surface area contributed by atoms with Gasteiger partial charge in [0.15, 0.2) is 0 Å². The van der Waals surface area contributed by atoms with Gasteiger partial charge in [-0.3, -0.25) is 14.9 Å². The minimum absolute atomic E-state index is 0.222. The second kappa shape index (κ2) is 7.75. The van der Waals surface area contributed by atoms with Gasteiger partial charge in [0, 0.05) is 42.7 Å². The van der Waals surface area contributed by atoms with Crippen molar-refractivity contribution in [3.05, 3.63) is 84.1 Å². The summed E-state index contributed by atoms with van der Waals surface area (Å²) in [5, 5.41) is 0. The molecule has 0 bridgehead atoms. The molecule has 0 amide bonds. The number of nitrogens with zero attached hydrogens (tertiary/aromatic N) is 3. The van der Waals surface area contributed by atoms with Crippen molar-refractivity contribution < 1.29 is 4.39 Å². The van der Waals surface area contributed by atoms with E-state index < -0.39 is 0 Å². The average molecular weight is 347 g/mol. The van der Waals surface area contributed by atoms with Crippen molar-refractivity contribution in [3.63, 3.8) is 0 Å². The molecule has 3 heterocycles. The molecule has 2 aromatic heterocycles. The van der Waals surface area contributed by atoms with Crippen molar-refractivity contribution in [2.24, 2.45) is 0 Å². The van der Waals surface area contributed by atoms with Gasteiger partial charge in [-0.05, 0) is 61.3 Å². The lowest BCUT2D eigenvalue weighted by Gasteiger charge is -2.32. The lowest BCUT2D eigenvalue weighted by Crippen LogP contribution is -2.34. The molecule has 0 N–H and O–H groups in total. The van der Waals surface area contributed by atoms with Gasteiger partial charge in [0.05, 0.1) is 5.69 Å². The van der Waals surface area contributed by atoms with Crippen LogP contribution in [0.1, 0.15) is 30.0 Å². The molecule has 1 fully saturated rings. The first-order valence-electron chi connectivity index (χ1n) is 9.13. The molecule has 132 valence electrons. The number of aromatic nitrogens is 2. The highest BCUT2D eigenvalue weighted by Gasteiger charge is 2.23. The summed E-state index contributed by atoms with van der Waals surface area (Å²) in [4.78, 5) is 11.4. The first kappa shape index (κ1) is 16.9. The number of halogens is 1. The van der Waals surface area contributed by atoms with Crippen molar-refractivity contribution in [2.45, 2.75) is 25.3 Å². The second-order valence-corrected chi connectivity index (χ2v) is 6.86. The van der Waals surface area contributed by atoms with E-state index in [1.54, 1.807) is 12.1 Å². The summed E-state index contributed by atoms with van der Waals surface area (Å²) in [6.07, 6.45) is 5.97. The Kier molecular flexibility index (Phi) is 5.02. The Hall–Kier alpha value is -2.59. The third kappa shape index (κ3) is 3.81. The number of rotatable bonds is 4. The second-order valence-electron chi connectivity index (χ2n) is 6.86.